The number of carbonyl (C=O) groups is 2. The molecule has 0 heterocycles. The van der Waals surface area contributed by atoms with Gasteiger partial charge in [0.15, 0.2) is 11.6 Å². The van der Waals surface area contributed by atoms with E-state index in [0.717, 1.165) is 5.56 Å². The SMILES string of the molecule is CCC(NOCc1ccccc1)=C1C(=O)CC(C)(C)CC1=O. The Morgan fingerprint density at radius 2 is 1.73 bits per heavy atom. The summed E-state index contributed by atoms with van der Waals surface area (Å²) >= 11 is 0. The van der Waals surface area contributed by atoms with E-state index in [-0.39, 0.29) is 22.6 Å². The van der Waals surface area contributed by atoms with Gasteiger partial charge in [0.2, 0.25) is 0 Å². The molecule has 1 aliphatic carbocycles. The Bertz CT molecular complexity index is 566. The molecule has 22 heavy (non-hydrogen) atoms. The Kier molecular flexibility index (Phi) is 5.14. The van der Waals surface area contributed by atoms with Crippen LogP contribution < -0.4 is 5.48 Å². The zero-order chi connectivity index (χ0) is 16.2. The maximum Gasteiger partial charge on any atom is 0.168 e. The van der Waals surface area contributed by atoms with Crippen LogP contribution in [-0.2, 0) is 21.0 Å². The smallest absolute Gasteiger partial charge is 0.168 e. The lowest BCUT2D eigenvalue weighted by Gasteiger charge is -2.29. The molecule has 0 aliphatic heterocycles. The first-order chi connectivity index (χ1) is 10.4. The van der Waals surface area contributed by atoms with Crippen molar-refractivity contribution < 1.29 is 14.4 Å². The van der Waals surface area contributed by atoms with Crippen LogP contribution in [0.1, 0.15) is 45.6 Å². The van der Waals surface area contributed by atoms with E-state index in [0.29, 0.717) is 31.6 Å². The highest BCUT2D eigenvalue weighted by Crippen LogP contribution is 2.34. The molecular formula is C18H23NO3. The van der Waals surface area contributed by atoms with Gasteiger partial charge in [0.25, 0.3) is 0 Å². The molecule has 1 N–H and O–H groups in total. The van der Waals surface area contributed by atoms with Crippen molar-refractivity contribution in [3.63, 3.8) is 0 Å². The van der Waals surface area contributed by atoms with Crippen molar-refractivity contribution in [2.75, 3.05) is 0 Å². The highest BCUT2D eigenvalue weighted by molar-refractivity contribution is 6.22. The maximum atomic E-state index is 12.3. The average Bonchev–Trinajstić information content (AvgIpc) is 2.44. The van der Waals surface area contributed by atoms with E-state index in [2.05, 4.69) is 5.48 Å². The van der Waals surface area contributed by atoms with Crippen LogP contribution in [-0.4, -0.2) is 11.6 Å². The third-order valence-corrected chi connectivity index (χ3v) is 3.77. The van der Waals surface area contributed by atoms with Gasteiger partial charge < -0.3 is 0 Å². The highest BCUT2D eigenvalue weighted by Gasteiger charge is 2.37. The van der Waals surface area contributed by atoms with E-state index in [1.54, 1.807) is 0 Å². The van der Waals surface area contributed by atoms with Crippen LogP contribution in [0.4, 0.5) is 0 Å². The fourth-order valence-electron chi connectivity index (χ4n) is 2.68. The third-order valence-electron chi connectivity index (χ3n) is 3.77. The molecule has 1 fully saturated rings. The maximum absolute atomic E-state index is 12.3. The van der Waals surface area contributed by atoms with Crippen molar-refractivity contribution in [3.05, 3.63) is 47.2 Å². The summed E-state index contributed by atoms with van der Waals surface area (Å²) in [6, 6.07) is 9.74. The number of hydrogen-bond donors (Lipinski definition) is 1. The lowest BCUT2D eigenvalue weighted by atomic mass is 9.73. The topological polar surface area (TPSA) is 55.4 Å². The zero-order valence-corrected chi connectivity index (χ0v) is 13.4. The van der Waals surface area contributed by atoms with Gasteiger partial charge >= 0.3 is 0 Å². The van der Waals surface area contributed by atoms with E-state index < -0.39 is 0 Å². The van der Waals surface area contributed by atoms with Crippen molar-refractivity contribution in [1.82, 2.24) is 5.48 Å². The Balaban J connectivity index is 2.06. The van der Waals surface area contributed by atoms with E-state index in [1.807, 2.05) is 51.1 Å². The van der Waals surface area contributed by atoms with Crippen LogP contribution >= 0.6 is 0 Å². The second-order valence-corrected chi connectivity index (χ2v) is 6.45. The third kappa shape index (κ3) is 4.04. The molecule has 1 aromatic carbocycles. The molecule has 118 valence electrons. The Labute approximate surface area is 131 Å². The Hall–Kier alpha value is -1.94. The summed E-state index contributed by atoms with van der Waals surface area (Å²) in [6.07, 6.45) is 1.36. The van der Waals surface area contributed by atoms with Gasteiger partial charge in [0.1, 0.15) is 0 Å². The molecule has 2 rings (SSSR count). The normalized spacial score (nSPS) is 17.5. The minimum Gasteiger partial charge on any atom is -0.294 e. The van der Waals surface area contributed by atoms with Crippen LogP contribution in [0.25, 0.3) is 0 Å². The number of ketones is 2. The van der Waals surface area contributed by atoms with Gasteiger partial charge in [-0.1, -0.05) is 51.1 Å². The fraction of sp³-hybridized carbons (Fsp3) is 0.444. The van der Waals surface area contributed by atoms with Gasteiger partial charge in [-0.05, 0) is 17.4 Å². The minimum absolute atomic E-state index is 0.0890. The van der Waals surface area contributed by atoms with E-state index in [9.17, 15) is 9.59 Å². The molecule has 4 heteroatoms. The molecule has 0 amide bonds. The van der Waals surface area contributed by atoms with Crippen molar-refractivity contribution in [2.45, 2.75) is 46.6 Å². The van der Waals surface area contributed by atoms with Crippen molar-refractivity contribution >= 4 is 11.6 Å². The van der Waals surface area contributed by atoms with Crippen LogP contribution in [0, 0.1) is 5.41 Å². The zero-order valence-electron chi connectivity index (χ0n) is 13.4. The first-order valence-electron chi connectivity index (χ1n) is 7.64. The number of carbonyl (C=O) groups excluding carboxylic acids is 2. The van der Waals surface area contributed by atoms with Crippen molar-refractivity contribution in [1.29, 1.82) is 0 Å². The van der Waals surface area contributed by atoms with Crippen LogP contribution in [0.3, 0.4) is 0 Å². The van der Waals surface area contributed by atoms with Crippen LogP contribution in [0.2, 0.25) is 0 Å². The van der Waals surface area contributed by atoms with Gasteiger partial charge in [-0.2, -0.15) is 0 Å². The predicted octanol–water partition coefficient (Wildman–Crippen LogP) is 3.33. The molecule has 1 aromatic rings. The molecule has 0 spiro atoms. The summed E-state index contributed by atoms with van der Waals surface area (Å²) in [7, 11) is 0. The standard InChI is InChI=1S/C18H23NO3/c1-4-14(19-22-12-13-8-6-5-7-9-13)17-15(20)10-18(2,3)11-16(17)21/h5-9,19H,4,10-12H2,1-3H3. The van der Waals surface area contributed by atoms with E-state index >= 15 is 0 Å². The minimum atomic E-state index is -0.249. The molecule has 1 saturated carbocycles. The Morgan fingerprint density at radius 1 is 1.14 bits per heavy atom. The van der Waals surface area contributed by atoms with Crippen LogP contribution in [0.15, 0.2) is 41.6 Å². The summed E-state index contributed by atoms with van der Waals surface area (Å²) in [5.74, 6) is -0.178. The molecule has 0 saturated heterocycles. The lowest BCUT2D eigenvalue weighted by Crippen LogP contribution is -2.34. The molecule has 0 bridgehead atoms. The summed E-state index contributed by atoms with van der Waals surface area (Å²) < 4.78 is 0. The quantitative estimate of drug-likeness (QED) is 0.515. The molecule has 0 aromatic heterocycles. The van der Waals surface area contributed by atoms with E-state index in [1.165, 1.54) is 0 Å². The number of hydroxylamine groups is 1. The van der Waals surface area contributed by atoms with Gasteiger partial charge in [0.05, 0.1) is 17.9 Å². The second-order valence-electron chi connectivity index (χ2n) is 6.45. The van der Waals surface area contributed by atoms with Gasteiger partial charge in [-0.3, -0.25) is 19.9 Å². The summed E-state index contributed by atoms with van der Waals surface area (Å²) in [6.45, 7) is 6.18. The summed E-state index contributed by atoms with van der Waals surface area (Å²) in [5, 5.41) is 0. The number of nitrogens with one attached hydrogen (secondary N) is 1. The predicted molar refractivity (Wildman–Crippen MR) is 84.7 cm³/mol. The van der Waals surface area contributed by atoms with E-state index in [4.69, 9.17) is 4.84 Å². The molecule has 4 nitrogen and oxygen atoms in total. The highest BCUT2D eigenvalue weighted by atomic mass is 16.6. The number of allylic oxidation sites excluding steroid dienone is 2. The van der Waals surface area contributed by atoms with Gasteiger partial charge in [-0.25, -0.2) is 0 Å². The number of hydrogen-bond acceptors (Lipinski definition) is 4. The first-order valence-corrected chi connectivity index (χ1v) is 7.64. The molecular weight excluding hydrogens is 278 g/mol. The first kappa shape index (κ1) is 16.4. The molecule has 0 unspecified atom stereocenters. The number of rotatable bonds is 5. The molecule has 0 radical (unpaired) electrons. The molecule has 1 aliphatic rings. The second kappa shape index (κ2) is 6.88. The number of Topliss-reactive ketones (excluding diaryl/α,β-unsaturated/α-hetero) is 2. The fourth-order valence-corrected chi connectivity index (χ4v) is 2.68. The monoisotopic (exact) mass is 301 g/mol. The van der Waals surface area contributed by atoms with Crippen molar-refractivity contribution in [2.24, 2.45) is 5.41 Å². The largest absolute Gasteiger partial charge is 0.294 e. The molecule has 0 atom stereocenters. The number of benzene rings is 1. The van der Waals surface area contributed by atoms with Gasteiger partial charge in [-0.15, -0.1) is 0 Å². The summed E-state index contributed by atoms with van der Waals surface area (Å²) in [4.78, 5) is 30.0. The average molecular weight is 301 g/mol. The lowest BCUT2D eigenvalue weighted by molar-refractivity contribution is -0.127. The van der Waals surface area contributed by atoms with Crippen LogP contribution in [0.5, 0.6) is 0 Å². The Morgan fingerprint density at radius 3 is 2.27 bits per heavy atom. The summed E-state index contributed by atoms with van der Waals surface area (Å²) in [5.41, 5.74) is 4.46. The van der Waals surface area contributed by atoms with Gasteiger partial charge in [0, 0.05) is 12.8 Å². The van der Waals surface area contributed by atoms with Crippen molar-refractivity contribution in [3.8, 4) is 0 Å².